The maximum atomic E-state index is 5.22. The average Bonchev–Trinajstić information content (AvgIpc) is 3.07. The summed E-state index contributed by atoms with van der Waals surface area (Å²) < 4.78 is 0. The van der Waals surface area contributed by atoms with E-state index >= 15 is 0 Å². The summed E-state index contributed by atoms with van der Waals surface area (Å²) in [6.07, 6.45) is 0. The molecule has 1 heterocycles. The largest absolute Gasteiger partial charge is 0.248 e. The molecule has 0 aliphatic rings. The molecule has 0 fully saturated rings. The third-order valence-electron chi connectivity index (χ3n) is 8.26. The predicted molar refractivity (Wildman–Crippen MR) is 178 cm³/mol. The molecule has 1 nitrogen and oxygen atoms in total. The molecule has 0 amide bonds. The van der Waals surface area contributed by atoms with Crippen molar-refractivity contribution in [2.45, 2.75) is 0 Å². The summed E-state index contributed by atoms with van der Waals surface area (Å²) in [5.41, 5.74) is 9.17. The zero-order valence-electron chi connectivity index (χ0n) is 23.0. The highest BCUT2D eigenvalue weighted by atomic mass is 14.7. The highest BCUT2D eigenvalue weighted by Gasteiger charge is 2.17. The quantitative estimate of drug-likeness (QED) is 0.205. The fourth-order valence-electron chi connectivity index (χ4n) is 6.36. The molecule has 0 spiro atoms. The normalized spacial score (nSPS) is 11.3. The van der Waals surface area contributed by atoms with Crippen molar-refractivity contribution in [2.24, 2.45) is 0 Å². The molecule has 1 aromatic heterocycles. The SMILES string of the molecule is c1ccc(-c2c3ccccc3c(-c3ccccc3)c3cc(-c4cccc(-c5cccc6ccccc56)n4)ccc23)cc1. The van der Waals surface area contributed by atoms with Crippen molar-refractivity contribution in [3.05, 3.63) is 164 Å². The first-order chi connectivity index (χ1) is 20.8. The Kier molecular flexibility index (Phi) is 5.86. The Morgan fingerprint density at radius 1 is 0.310 bits per heavy atom. The Morgan fingerprint density at radius 3 is 1.55 bits per heavy atom. The number of rotatable bonds is 4. The van der Waals surface area contributed by atoms with Gasteiger partial charge in [-0.05, 0) is 72.8 Å². The fraction of sp³-hybridized carbons (Fsp3) is 0. The molecule has 0 atom stereocenters. The second kappa shape index (κ2) is 10.1. The Morgan fingerprint density at radius 2 is 0.833 bits per heavy atom. The maximum Gasteiger partial charge on any atom is 0.0715 e. The Labute approximate surface area is 245 Å². The van der Waals surface area contributed by atoms with Gasteiger partial charge in [-0.25, -0.2) is 4.98 Å². The molecule has 0 aliphatic heterocycles. The van der Waals surface area contributed by atoms with Gasteiger partial charge in [0.05, 0.1) is 11.4 Å². The van der Waals surface area contributed by atoms with E-state index in [9.17, 15) is 0 Å². The van der Waals surface area contributed by atoms with Crippen LogP contribution in [0, 0.1) is 0 Å². The van der Waals surface area contributed by atoms with E-state index in [1.54, 1.807) is 0 Å². The molecule has 42 heavy (non-hydrogen) atoms. The number of fused-ring (bicyclic) bond motifs is 3. The van der Waals surface area contributed by atoms with Crippen LogP contribution < -0.4 is 0 Å². The van der Waals surface area contributed by atoms with Gasteiger partial charge >= 0.3 is 0 Å². The van der Waals surface area contributed by atoms with Gasteiger partial charge in [0.15, 0.2) is 0 Å². The molecule has 8 aromatic rings. The van der Waals surface area contributed by atoms with Crippen molar-refractivity contribution in [3.63, 3.8) is 0 Å². The van der Waals surface area contributed by atoms with Crippen LogP contribution in [0.1, 0.15) is 0 Å². The van der Waals surface area contributed by atoms with Crippen LogP contribution in [0.4, 0.5) is 0 Å². The van der Waals surface area contributed by atoms with E-state index in [-0.39, 0.29) is 0 Å². The van der Waals surface area contributed by atoms with Crippen LogP contribution in [0.3, 0.4) is 0 Å². The number of hydrogen-bond donors (Lipinski definition) is 0. The van der Waals surface area contributed by atoms with Crippen LogP contribution in [-0.4, -0.2) is 4.98 Å². The van der Waals surface area contributed by atoms with Crippen molar-refractivity contribution in [1.82, 2.24) is 4.98 Å². The number of nitrogens with zero attached hydrogens (tertiary/aromatic N) is 1. The molecule has 0 saturated carbocycles. The second-order valence-electron chi connectivity index (χ2n) is 10.7. The fourth-order valence-corrected chi connectivity index (χ4v) is 6.36. The van der Waals surface area contributed by atoms with Crippen LogP contribution in [0.5, 0.6) is 0 Å². The lowest BCUT2D eigenvalue weighted by Crippen LogP contribution is -1.93. The maximum absolute atomic E-state index is 5.22. The van der Waals surface area contributed by atoms with Crippen LogP contribution in [0.2, 0.25) is 0 Å². The number of benzene rings is 7. The first kappa shape index (κ1) is 24.3. The van der Waals surface area contributed by atoms with E-state index in [1.807, 2.05) is 0 Å². The zero-order valence-corrected chi connectivity index (χ0v) is 23.0. The number of aromatic nitrogens is 1. The lowest BCUT2D eigenvalue weighted by atomic mass is 9.85. The van der Waals surface area contributed by atoms with Crippen LogP contribution in [0.25, 0.3) is 77.1 Å². The van der Waals surface area contributed by atoms with Gasteiger partial charge in [-0.15, -0.1) is 0 Å². The lowest BCUT2D eigenvalue weighted by Gasteiger charge is -2.18. The molecular weight excluding hydrogens is 506 g/mol. The molecule has 0 saturated heterocycles. The van der Waals surface area contributed by atoms with Gasteiger partial charge in [-0.1, -0.05) is 146 Å². The molecule has 8 rings (SSSR count). The monoisotopic (exact) mass is 533 g/mol. The van der Waals surface area contributed by atoms with Crippen molar-refractivity contribution >= 4 is 32.3 Å². The van der Waals surface area contributed by atoms with E-state index in [4.69, 9.17) is 4.98 Å². The summed E-state index contributed by atoms with van der Waals surface area (Å²) in [4.78, 5) is 5.22. The Balaban J connectivity index is 1.40. The standard InChI is InChI=1S/C41H27N/c1-3-14-29(15-4-1)40-34-20-9-10-21-35(34)41(30-16-5-2-6-17-30)37-27-31(25-26-36(37)40)38-23-12-24-39(42-38)33-22-11-18-28-13-7-8-19-32(28)33/h1-27H. The molecule has 0 aliphatic carbocycles. The van der Waals surface area contributed by atoms with Gasteiger partial charge in [0.2, 0.25) is 0 Å². The highest BCUT2D eigenvalue weighted by Crippen LogP contribution is 2.44. The van der Waals surface area contributed by atoms with Gasteiger partial charge < -0.3 is 0 Å². The van der Waals surface area contributed by atoms with Crippen LogP contribution >= 0.6 is 0 Å². The molecule has 1 heteroatoms. The molecular formula is C41H27N. The minimum absolute atomic E-state index is 0.968. The van der Waals surface area contributed by atoms with E-state index in [0.717, 1.165) is 22.5 Å². The molecule has 7 aromatic carbocycles. The zero-order chi connectivity index (χ0) is 27.9. The summed E-state index contributed by atoms with van der Waals surface area (Å²) >= 11 is 0. The van der Waals surface area contributed by atoms with Crippen LogP contribution in [-0.2, 0) is 0 Å². The lowest BCUT2D eigenvalue weighted by molar-refractivity contribution is 1.33. The highest BCUT2D eigenvalue weighted by molar-refractivity contribution is 6.21. The Bertz CT molecular complexity index is 2230. The summed E-state index contributed by atoms with van der Waals surface area (Å²) in [7, 11) is 0. The van der Waals surface area contributed by atoms with E-state index in [0.29, 0.717) is 0 Å². The van der Waals surface area contributed by atoms with Gasteiger partial charge in [0.1, 0.15) is 0 Å². The third kappa shape index (κ3) is 4.06. The molecule has 196 valence electrons. The minimum atomic E-state index is 0.968. The van der Waals surface area contributed by atoms with Crippen molar-refractivity contribution in [1.29, 1.82) is 0 Å². The molecule has 0 radical (unpaired) electrons. The van der Waals surface area contributed by atoms with E-state index in [2.05, 4.69) is 164 Å². The van der Waals surface area contributed by atoms with Gasteiger partial charge in [0, 0.05) is 11.1 Å². The van der Waals surface area contributed by atoms with Crippen molar-refractivity contribution in [2.75, 3.05) is 0 Å². The minimum Gasteiger partial charge on any atom is -0.248 e. The van der Waals surface area contributed by atoms with E-state index < -0.39 is 0 Å². The summed E-state index contributed by atoms with van der Waals surface area (Å²) in [6, 6.07) is 58.5. The van der Waals surface area contributed by atoms with Crippen molar-refractivity contribution in [3.8, 4) is 44.8 Å². The summed E-state index contributed by atoms with van der Waals surface area (Å²) in [5.74, 6) is 0. The first-order valence-corrected chi connectivity index (χ1v) is 14.4. The van der Waals surface area contributed by atoms with Gasteiger partial charge in [0.25, 0.3) is 0 Å². The third-order valence-corrected chi connectivity index (χ3v) is 8.26. The Hall–Kier alpha value is -5.53. The molecule has 0 bridgehead atoms. The summed E-state index contributed by atoms with van der Waals surface area (Å²) in [5, 5.41) is 7.43. The van der Waals surface area contributed by atoms with Gasteiger partial charge in [-0.3, -0.25) is 0 Å². The van der Waals surface area contributed by atoms with Crippen LogP contribution in [0.15, 0.2) is 164 Å². The average molecular weight is 534 g/mol. The van der Waals surface area contributed by atoms with E-state index in [1.165, 1.54) is 54.6 Å². The first-order valence-electron chi connectivity index (χ1n) is 14.4. The van der Waals surface area contributed by atoms with Gasteiger partial charge in [-0.2, -0.15) is 0 Å². The molecule has 0 N–H and O–H groups in total. The number of hydrogen-bond acceptors (Lipinski definition) is 1. The van der Waals surface area contributed by atoms with Crippen molar-refractivity contribution < 1.29 is 0 Å². The number of pyridine rings is 1. The molecule has 0 unspecified atom stereocenters. The summed E-state index contributed by atoms with van der Waals surface area (Å²) in [6.45, 7) is 0. The second-order valence-corrected chi connectivity index (χ2v) is 10.7. The topological polar surface area (TPSA) is 12.9 Å². The smallest absolute Gasteiger partial charge is 0.0715 e. The predicted octanol–water partition coefficient (Wildman–Crippen LogP) is 11.2.